The molecule has 0 spiro atoms. The molecule has 112 valence electrons. The van der Waals surface area contributed by atoms with Gasteiger partial charge in [0.15, 0.2) is 0 Å². The van der Waals surface area contributed by atoms with Crippen LogP contribution in [0, 0.1) is 0 Å². The number of amides is 2. The van der Waals surface area contributed by atoms with Gasteiger partial charge in [-0.3, -0.25) is 0 Å². The zero-order valence-corrected chi connectivity index (χ0v) is 12.8. The summed E-state index contributed by atoms with van der Waals surface area (Å²) in [5, 5.41) is 12.1. The lowest BCUT2D eigenvalue weighted by Crippen LogP contribution is -2.33. The summed E-state index contributed by atoms with van der Waals surface area (Å²) in [6, 6.07) is 7.59. The Hall–Kier alpha value is -1.75. The van der Waals surface area contributed by atoms with Gasteiger partial charge in [0.05, 0.1) is 6.10 Å². The normalized spacial score (nSPS) is 11.8. The van der Waals surface area contributed by atoms with Crippen LogP contribution in [0.25, 0.3) is 0 Å². The molecule has 0 aromatic heterocycles. The molecule has 0 heterocycles. The van der Waals surface area contributed by atoms with Gasteiger partial charge in [0.25, 0.3) is 0 Å². The summed E-state index contributed by atoms with van der Waals surface area (Å²) in [4.78, 5) is 15.7. The van der Waals surface area contributed by atoms with E-state index >= 15 is 0 Å². The van der Waals surface area contributed by atoms with E-state index in [2.05, 4.69) is 17.1 Å². The lowest BCUT2D eigenvalue weighted by molar-refractivity contribution is 0.167. The number of benzene rings is 1. The van der Waals surface area contributed by atoms with E-state index in [1.165, 1.54) is 0 Å². The minimum Gasteiger partial charge on any atom is -0.393 e. The Labute approximate surface area is 121 Å². The second kappa shape index (κ2) is 7.75. The highest BCUT2D eigenvalue weighted by atomic mass is 16.3. The van der Waals surface area contributed by atoms with Gasteiger partial charge < -0.3 is 20.2 Å². The molecule has 0 fully saturated rings. The fourth-order valence-corrected chi connectivity index (χ4v) is 1.70. The molecule has 0 unspecified atom stereocenters. The molecule has 2 amide bonds. The predicted molar refractivity (Wildman–Crippen MR) is 83.3 cm³/mol. The van der Waals surface area contributed by atoms with Gasteiger partial charge in [-0.05, 0) is 38.5 Å². The number of anilines is 2. The highest BCUT2D eigenvalue weighted by Gasteiger charge is 2.10. The molecule has 0 saturated heterocycles. The molecule has 2 N–H and O–H groups in total. The molecule has 0 aliphatic heterocycles. The van der Waals surface area contributed by atoms with Crippen molar-refractivity contribution >= 4 is 17.4 Å². The molecule has 0 aliphatic carbocycles. The molecular weight excluding hydrogens is 254 g/mol. The van der Waals surface area contributed by atoms with E-state index in [1.54, 1.807) is 18.9 Å². The van der Waals surface area contributed by atoms with Gasteiger partial charge >= 0.3 is 6.03 Å². The molecule has 1 rings (SSSR count). The molecule has 0 saturated carbocycles. The Morgan fingerprint density at radius 3 is 2.70 bits per heavy atom. The Morgan fingerprint density at radius 2 is 2.10 bits per heavy atom. The third-order valence-electron chi connectivity index (χ3n) is 3.24. The number of aliphatic hydroxyl groups is 1. The Balaban J connectivity index is 2.61. The Kier molecular flexibility index (Phi) is 6.31. The lowest BCUT2D eigenvalue weighted by Gasteiger charge is -2.20. The van der Waals surface area contributed by atoms with Crippen molar-refractivity contribution in [2.75, 3.05) is 37.4 Å². The zero-order valence-electron chi connectivity index (χ0n) is 12.8. The van der Waals surface area contributed by atoms with Crippen LogP contribution in [0.4, 0.5) is 16.2 Å². The SMILES string of the molecule is CCN(C)c1cccc(NC(=O)N(C)CC[C@@H](C)O)c1. The van der Waals surface area contributed by atoms with Crippen LogP contribution in [0.5, 0.6) is 0 Å². The zero-order chi connectivity index (χ0) is 15.1. The summed E-state index contributed by atoms with van der Waals surface area (Å²) < 4.78 is 0. The second-order valence-corrected chi connectivity index (χ2v) is 5.05. The molecule has 20 heavy (non-hydrogen) atoms. The van der Waals surface area contributed by atoms with Gasteiger partial charge in [0.2, 0.25) is 0 Å². The van der Waals surface area contributed by atoms with E-state index in [9.17, 15) is 9.90 Å². The Bertz CT molecular complexity index is 435. The molecular formula is C15H25N3O2. The summed E-state index contributed by atoms with van der Waals surface area (Å²) >= 11 is 0. The molecule has 1 aromatic rings. The van der Waals surface area contributed by atoms with Gasteiger partial charge in [0.1, 0.15) is 0 Å². The average molecular weight is 279 g/mol. The van der Waals surface area contributed by atoms with Gasteiger partial charge in [-0.1, -0.05) is 6.07 Å². The molecule has 0 radical (unpaired) electrons. The van der Waals surface area contributed by atoms with Crippen LogP contribution < -0.4 is 10.2 Å². The first-order valence-electron chi connectivity index (χ1n) is 6.95. The van der Waals surface area contributed by atoms with Crippen LogP contribution >= 0.6 is 0 Å². The van der Waals surface area contributed by atoms with E-state index in [0.717, 1.165) is 17.9 Å². The molecule has 0 aliphatic rings. The van der Waals surface area contributed by atoms with E-state index in [-0.39, 0.29) is 6.03 Å². The van der Waals surface area contributed by atoms with Crippen LogP contribution in [-0.2, 0) is 0 Å². The van der Waals surface area contributed by atoms with Crippen molar-refractivity contribution in [3.8, 4) is 0 Å². The summed E-state index contributed by atoms with van der Waals surface area (Å²) in [5.74, 6) is 0. The number of nitrogens with zero attached hydrogens (tertiary/aromatic N) is 2. The van der Waals surface area contributed by atoms with Crippen molar-refractivity contribution in [3.05, 3.63) is 24.3 Å². The van der Waals surface area contributed by atoms with E-state index in [4.69, 9.17) is 0 Å². The molecule has 1 aromatic carbocycles. The highest BCUT2D eigenvalue weighted by molar-refractivity contribution is 5.89. The van der Waals surface area contributed by atoms with Gasteiger partial charge in [-0.15, -0.1) is 0 Å². The van der Waals surface area contributed by atoms with Crippen molar-refractivity contribution in [1.82, 2.24) is 4.90 Å². The maximum Gasteiger partial charge on any atom is 0.321 e. The third-order valence-corrected chi connectivity index (χ3v) is 3.24. The summed E-state index contributed by atoms with van der Waals surface area (Å²) in [6.45, 7) is 5.23. The van der Waals surface area contributed by atoms with Gasteiger partial charge in [-0.25, -0.2) is 4.79 Å². The number of hydrogen-bond acceptors (Lipinski definition) is 3. The number of rotatable bonds is 6. The lowest BCUT2D eigenvalue weighted by atomic mass is 10.2. The van der Waals surface area contributed by atoms with E-state index < -0.39 is 6.10 Å². The number of aliphatic hydroxyl groups excluding tert-OH is 1. The quantitative estimate of drug-likeness (QED) is 0.840. The van der Waals surface area contributed by atoms with Crippen LogP contribution in [0.15, 0.2) is 24.3 Å². The Morgan fingerprint density at radius 1 is 1.40 bits per heavy atom. The summed E-state index contributed by atoms with van der Waals surface area (Å²) in [7, 11) is 3.73. The number of urea groups is 1. The second-order valence-electron chi connectivity index (χ2n) is 5.05. The molecule has 5 heteroatoms. The van der Waals surface area contributed by atoms with Crippen LogP contribution in [0.1, 0.15) is 20.3 Å². The summed E-state index contributed by atoms with van der Waals surface area (Å²) in [6.07, 6.45) is 0.175. The average Bonchev–Trinajstić information content (AvgIpc) is 2.43. The smallest absolute Gasteiger partial charge is 0.321 e. The monoisotopic (exact) mass is 279 g/mol. The van der Waals surface area contributed by atoms with Gasteiger partial charge in [0, 0.05) is 38.6 Å². The minimum atomic E-state index is -0.396. The standard InChI is InChI=1S/C15H25N3O2/c1-5-17(3)14-8-6-7-13(11-14)16-15(20)18(4)10-9-12(2)19/h6-8,11-12,19H,5,9-10H2,1-4H3,(H,16,20)/t12-/m1/s1. The van der Waals surface area contributed by atoms with Crippen LogP contribution in [0.3, 0.4) is 0 Å². The molecule has 1 atom stereocenters. The first kappa shape index (κ1) is 16.3. The van der Waals surface area contributed by atoms with Crippen molar-refractivity contribution < 1.29 is 9.90 Å². The van der Waals surface area contributed by atoms with E-state index in [1.807, 2.05) is 31.3 Å². The number of hydrogen-bond donors (Lipinski definition) is 2. The van der Waals surface area contributed by atoms with Crippen LogP contribution in [0.2, 0.25) is 0 Å². The predicted octanol–water partition coefficient (Wildman–Crippen LogP) is 2.38. The minimum absolute atomic E-state index is 0.165. The van der Waals surface area contributed by atoms with E-state index in [0.29, 0.717) is 13.0 Å². The third kappa shape index (κ3) is 5.09. The van der Waals surface area contributed by atoms with Crippen molar-refractivity contribution in [3.63, 3.8) is 0 Å². The molecule has 0 bridgehead atoms. The number of carbonyl (C=O) groups is 1. The first-order chi connectivity index (χ1) is 9.43. The first-order valence-corrected chi connectivity index (χ1v) is 6.95. The maximum atomic E-state index is 12.0. The van der Waals surface area contributed by atoms with Crippen molar-refractivity contribution in [2.24, 2.45) is 0 Å². The molecule has 5 nitrogen and oxygen atoms in total. The fourth-order valence-electron chi connectivity index (χ4n) is 1.70. The van der Waals surface area contributed by atoms with Crippen molar-refractivity contribution in [2.45, 2.75) is 26.4 Å². The number of carbonyl (C=O) groups excluding carboxylic acids is 1. The number of nitrogens with one attached hydrogen (secondary N) is 1. The highest BCUT2D eigenvalue weighted by Crippen LogP contribution is 2.18. The fraction of sp³-hybridized carbons (Fsp3) is 0.533. The largest absolute Gasteiger partial charge is 0.393 e. The van der Waals surface area contributed by atoms with Gasteiger partial charge in [-0.2, -0.15) is 0 Å². The maximum absolute atomic E-state index is 12.0. The van der Waals surface area contributed by atoms with Crippen LogP contribution in [-0.4, -0.2) is 49.3 Å². The van der Waals surface area contributed by atoms with Crippen molar-refractivity contribution in [1.29, 1.82) is 0 Å². The topological polar surface area (TPSA) is 55.8 Å². The summed E-state index contributed by atoms with van der Waals surface area (Å²) in [5.41, 5.74) is 1.84.